The molecule has 4 nitrogen and oxygen atoms in total. The number of nitrogens with one attached hydrogen (secondary N) is 1. The van der Waals surface area contributed by atoms with Gasteiger partial charge in [-0.1, -0.05) is 32.0 Å². The summed E-state index contributed by atoms with van der Waals surface area (Å²) in [5, 5.41) is 3.11. The highest BCUT2D eigenvalue weighted by atomic mass is 16.2. The van der Waals surface area contributed by atoms with E-state index in [9.17, 15) is 9.59 Å². The molecule has 0 heterocycles. The van der Waals surface area contributed by atoms with Crippen molar-refractivity contribution < 1.29 is 9.59 Å². The Balaban J connectivity index is 0.000000494. The number of benzene rings is 1. The van der Waals surface area contributed by atoms with E-state index in [2.05, 4.69) is 19.2 Å². The number of hydrogen-bond acceptors (Lipinski definition) is 3. The van der Waals surface area contributed by atoms with Crippen LogP contribution in [0, 0.1) is 0 Å². The number of imide groups is 1. The fourth-order valence-corrected chi connectivity index (χ4v) is 1.41. The Hall–Kier alpha value is -1.68. The molecule has 1 aromatic carbocycles. The van der Waals surface area contributed by atoms with Crippen molar-refractivity contribution in [3.05, 3.63) is 30.3 Å². The molecule has 0 unspecified atom stereocenters. The van der Waals surface area contributed by atoms with E-state index in [1.54, 1.807) is 24.3 Å². The molecule has 0 spiro atoms. The maximum Gasteiger partial charge on any atom is 0.230 e. The summed E-state index contributed by atoms with van der Waals surface area (Å²) in [6, 6.07) is 8.86. The van der Waals surface area contributed by atoms with Crippen LogP contribution >= 0.6 is 0 Å². The Kier molecular flexibility index (Phi) is 8.49. The number of carbonyl (C=O) groups excluding carboxylic acids is 2. The minimum absolute atomic E-state index is 0.265. The number of rotatable bonds is 3. The largest absolute Gasteiger partial charge is 0.317 e. The lowest BCUT2D eigenvalue weighted by molar-refractivity contribution is -0.124. The van der Waals surface area contributed by atoms with Crippen molar-refractivity contribution in [1.29, 1.82) is 0 Å². The first-order valence-electron chi connectivity index (χ1n) is 6.11. The Morgan fingerprint density at radius 1 is 1.00 bits per heavy atom. The van der Waals surface area contributed by atoms with Crippen molar-refractivity contribution in [3.63, 3.8) is 0 Å². The number of anilines is 1. The van der Waals surface area contributed by atoms with Gasteiger partial charge in [0.05, 0.1) is 5.69 Å². The molecule has 0 saturated heterocycles. The zero-order chi connectivity index (χ0) is 14.0. The first-order valence-corrected chi connectivity index (χ1v) is 6.11. The molecular weight excluding hydrogens is 228 g/mol. The molecule has 0 aliphatic heterocycles. The zero-order valence-electron chi connectivity index (χ0n) is 11.6. The third kappa shape index (κ3) is 6.15. The minimum Gasteiger partial charge on any atom is -0.317 e. The fraction of sp³-hybridized carbons (Fsp3) is 0.429. The van der Waals surface area contributed by atoms with Crippen molar-refractivity contribution >= 4 is 17.5 Å². The van der Waals surface area contributed by atoms with E-state index in [1.165, 1.54) is 13.8 Å². The molecule has 0 bridgehead atoms. The molecule has 18 heavy (non-hydrogen) atoms. The van der Waals surface area contributed by atoms with Crippen molar-refractivity contribution in [1.82, 2.24) is 5.32 Å². The van der Waals surface area contributed by atoms with Gasteiger partial charge in [0.2, 0.25) is 11.8 Å². The van der Waals surface area contributed by atoms with Gasteiger partial charge in [-0.15, -0.1) is 0 Å². The van der Waals surface area contributed by atoms with Gasteiger partial charge in [0, 0.05) is 13.8 Å². The van der Waals surface area contributed by atoms with Crippen LogP contribution in [0.1, 0.15) is 27.7 Å². The average Bonchev–Trinajstić information content (AvgIpc) is 2.31. The van der Waals surface area contributed by atoms with Crippen molar-refractivity contribution in [2.45, 2.75) is 27.7 Å². The van der Waals surface area contributed by atoms with Gasteiger partial charge in [-0.2, -0.15) is 0 Å². The maximum atomic E-state index is 11.1. The number of hydrogen-bond donors (Lipinski definition) is 1. The molecule has 1 rings (SSSR count). The van der Waals surface area contributed by atoms with Gasteiger partial charge in [-0.25, -0.2) is 0 Å². The lowest BCUT2D eigenvalue weighted by Crippen LogP contribution is -2.32. The quantitative estimate of drug-likeness (QED) is 0.894. The lowest BCUT2D eigenvalue weighted by atomic mass is 10.3. The SMILES string of the molecule is CC(=O)N(C(C)=O)c1ccccc1.CCNCC. The highest BCUT2D eigenvalue weighted by Crippen LogP contribution is 2.13. The molecule has 0 atom stereocenters. The molecule has 1 aromatic rings. The second-order valence-electron chi connectivity index (χ2n) is 3.67. The summed E-state index contributed by atoms with van der Waals surface area (Å²) in [6.45, 7) is 9.13. The van der Waals surface area contributed by atoms with E-state index in [1.807, 2.05) is 6.07 Å². The molecule has 4 heteroatoms. The Labute approximate surface area is 109 Å². The molecule has 0 radical (unpaired) electrons. The maximum absolute atomic E-state index is 11.1. The van der Waals surface area contributed by atoms with Crippen LogP contribution in [0.3, 0.4) is 0 Å². The highest BCUT2D eigenvalue weighted by molar-refractivity contribution is 6.13. The highest BCUT2D eigenvalue weighted by Gasteiger charge is 2.14. The summed E-state index contributed by atoms with van der Waals surface area (Å²) >= 11 is 0. The van der Waals surface area contributed by atoms with E-state index in [0.29, 0.717) is 5.69 Å². The second kappa shape index (κ2) is 9.36. The molecule has 0 aromatic heterocycles. The first-order chi connectivity index (χ1) is 8.54. The predicted octanol–water partition coefficient (Wildman–Crippen LogP) is 2.20. The minimum atomic E-state index is -0.265. The van der Waals surface area contributed by atoms with Crippen LogP contribution in [0.4, 0.5) is 5.69 Å². The topological polar surface area (TPSA) is 49.4 Å². The fourth-order valence-electron chi connectivity index (χ4n) is 1.41. The monoisotopic (exact) mass is 250 g/mol. The van der Waals surface area contributed by atoms with Crippen LogP contribution in [-0.4, -0.2) is 24.9 Å². The van der Waals surface area contributed by atoms with Gasteiger partial charge in [-0.3, -0.25) is 14.5 Å². The molecule has 0 saturated carbocycles. The number of para-hydroxylation sites is 1. The van der Waals surface area contributed by atoms with Gasteiger partial charge in [0.1, 0.15) is 0 Å². The second-order valence-corrected chi connectivity index (χ2v) is 3.67. The number of amides is 2. The lowest BCUT2D eigenvalue weighted by Gasteiger charge is -2.16. The smallest absolute Gasteiger partial charge is 0.230 e. The van der Waals surface area contributed by atoms with Crippen molar-refractivity contribution in [3.8, 4) is 0 Å². The van der Waals surface area contributed by atoms with Gasteiger partial charge in [-0.05, 0) is 25.2 Å². The van der Waals surface area contributed by atoms with E-state index in [4.69, 9.17) is 0 Å². The van der Waals surface area contributed by atoms with Gasteiger partial charge in [0.25, 0.3) is 0 Å². The van der Waals surface area contributed by atoms with Gasteiger partial charge >= 0.3 is 0 Å². The normalized spacial score (nSPS) is 9.11. The van der Waals surface area contributed by atoms with Crippen LogP contribution in [0.5, 0.6) is 0 Å². The van der Waals surface area contributed by atoms with Crippen molar-refractivity contribution in [2.75, 3.05) is 18.0 Å². The van der Waals surface area contributed by atoms with Crippen LogP contribution in [0.25, 0.3) is 0 Å². The zero-order valence-corrected chi connectivity index (χ0v) is 11.6. The predicted molar refractivity (Wildman–Crippen MR) is 74.5 cm³/mol. The summed E-state index contributed by atoms with van der Waals surface area (Å²) in [5.41, 5.74) is 0.613. The van der Waals surface area contributed by atoms with Crippen LogP contribution in [0.15, 0.2) is 30.3 Å². The molecule has 1 N–H and O–H groups in total. The third-order valence-corrected chi connectivity index (χ3v) is 2.14. The molecule has 0 aliphatic rings. The standard InChI is InChI=1S/C10H11NO2.C4H11N/c1-8(12)11(9(2)13)10-6-4-3-5-7-10;1-3-5-4-2/h3-7H,1-2H3;5H,3-4H2,1-2H3. The van der Waals surface area contributed by atoms with Crippen LogP contribution in [0.2, 0.25) is 0 Å². The third-order valence-electron chi connectivity index (χ3n) is 2.14. The Morgan fingerprint density at radius 2 is 1.44 bits per heavy atom. The molecule has 100 valence electrons. The van der Waals surface area contributed by atoms with E-state index < -0.39 is 0 Å². The molecule has 0 aliphatic carbocycles. The number of carbonyl (C=O) groups is 2. The van der Waals surface area contributed by atoms with Crippen LogP contribution < -0.4 is 10.2 Å². The summed E-state index contributed by atoms with van der Waals surface area (Å²) in [7, 11) is 0. The van der Waals surface area contributed by atoms with Crippen LogP contribution in [-0.2, 0) is 9.59 Å². The molecule has 2 amide bonds. The Bertz CT molecular complexity index is 347. The van der Waals surface area contributed by atoms with E-state index in [-0.39, 0.29) is 11.8 Å². The first kappa shape index (κ1) is 16.3. The Morgan fingerprint density at radius 3 is 1.72 bits per heavy atom. The van der Waals surface area contributed by atoms with Gasteiger partial charge in [0.15, 0.2) is 0 Å². The summed E-state index contributed by atoms with van der Waals surface area (Å²) in [4.78, 5) is 23.3. The average molecular weight is 250 g/mol. The van der Waals surface area contributed by atoms with E-state index in [0.717, 1.165) is 18.0 Å². The number of nitrogens with zero attached hydrogens (tertiary/aromatic N) is 1. The molecule has 0 fully saturated rings. The summed E-state index contributed by atoms with van der Waals surface area (Å²) in [5.74, 6) is -0.530. The van der Waals surface area contributed by atoms with Gasteiger partial charge < -0.3 is 5.32 Å². The summed E-state index contributed by atoms with van der Waals surface area (Å²) in [6.07, 6.45) is 0. The molecular formula is C14H22N2O2. The summed E-state index contributed by atoms with van der Waals surface area (Å²) < 4.78 is 0. The van der Waals surface area contributed by atoms with Crippen molar-refractivity contribution in [2.24, 2.45) is 0 Å². The van der Waals surface area contributed by atoms with E-state index >= 15 is 0 Å².